The minimum Gasteiger partial charge on any atom is -0.495 e. The first-order valence-electron chi connectivity index (χ1n) is 10.2. The predicted octanol–water partition coefficient (Wildman–Crippen LogP) is 3.92. The zero-order valence-corrected chi connectivity index (χ0v) is 18.2. The maximum Gasteiger partial charge on any atom is 0.246 e. The normalized spacial score (nSPS) is 15.0. The molecule has 162 valence electrons. The Balaban J connectivity index is 1.71. The Morgan fingerprint density at radius 2 is 1.48 bits per heavy atom. The molecule has 1 N–H and O–H groups in total. The molecule has 0 spiro atoms. The van der Waals surface area contributed by atoms with Crippen LogP contribution in [0.2, 0.25) is 0 Å². The summed E-state index contributed by atoms with van der Waals surface area (Å²) in [5, 5.41) is 3.52. The highest BCUT2D eigenvalue weighted by molar-refractivity contribution is 7.89. The molecule has 3 aromatic carbocycles. The fourth-order valence-electron chi connectivity index (χ4n) is 3.71. The van der Waals surface area contributed by atoms with Crippen LogP contribution < -0.4 is 10.1 Å². The van der Waals surface area contributed by atoms with Crippen molar-refractivity contribution >= 4 is 15.7 Å². The van der Waals surface area contributed by atoms with Crippen molar-refractivity contribution in [1.82, 2.24) is 4.31 Å². The monoisotopic (exact) mass is 438 g/mol. The maximum absolute atomic E-state index is 13.3. The molecule has 7 heteroatoms. The number of benzene rings is 3. The van der Waals surface area contributed by atoms with Crippen molar-refractivity contribution in [3.05, 3.63) is 90.0 Å². The second kappa shape index (κ2) is 9.51. The Kier molecular flexibility index (Phi) is 6.56. The summed E-state index contributed by atoms with van der Waals surface area (Å²) in [6.45, 7) is 1.45. The maximum atomic E-state index is 13.3. The van der Waals surface area contributed by atoms with Gasteiger partial charge in [0.15, 0.2) is 0 Å². The van der Waals surface area contributed by atoms with Gasteiger partial charge in [-0.1, -0.05) is 60.7 Å². The third-order valence-electron chi connectivity index (χ3n) is 5.33. The van der Waals surface area contributed by atoms with Crippen LogP contribution in [-0.4, -0.2) is 46.1 Å². The van der Waals surface area contributed by atoms with Crippen LogP contribution in [0.25, 0.3) is 0 Å². The molecule has 3 aromatic rings. The van der Waals surface area contributed by atoms with Gasteiger partial charge in [0.2, 0.25) is 10.0 Å². The van der Waals surface area contributed by atoms with Gasteiger partial charge in [-0.2, -0.15) is 4.31 Å². The quantitative estimate of drug-likeness (QED) is 0.606. The second-order valence-electron chi connectivity index (χ2n) is 7.28. The molecule has 1 fully saturated rings. The molecule has 0 amide bonds. The van der Waals surface area contributed by atoms with E-state index in [1.807, 2.05) is 42.5 Å². The number of anilines is 1. The smallest absolute Gasteiger partial charge is 0.246 e. The first-order valence-corrected chi connectivity index (χ1v) is 11.7. The molecule has 0 unspecified atom stereocenters. The first-order chi connectivity index (χ1) is 15.1. The first kappa shape index (κ1) is 21.4. The molecule has 0 aromatic heterocycles. The standard InChI is InChI=1S/C24H26N2O4S/c1-29-22-13-12-21(18-23(22)31(27,28)26-14-16-30-17-15-26)25-24(19-8-4-2-5-9-19)20-10-6-3-7-11-20/h2-13,18,24-25H,14-17H2,1H3. The number of hydrogen-bond donors (Lipinski definition) is 1. The zero-order chi connectivity index (χ0) is 21.7. The highest BCUT2D eigenvalue weighted by atomic mass is 32.2. The van der Waals surface area contributed by atoms with Crippen LogP contribution in [0.4, 0.5) is 5.69 Å². The molecule has 1 aliphatic heterocycles. The molecule has 0 radical (unpaired) electrons. The summed E-state index contributed by atoms with van der Waals surface area (Å²) in [4.78, 5) is 0.154. The molecule has 0 saturated carbocycles. The lowest BCUT2D eigenvalue weighted by molar-refractivity contribution is 0.0729. The van der Waals surface area contributed by atoms with Gasteiger partial charge in [0.05, 0.1) is 26.4 Å². The third-order valence-corrected chi connectivity index (χ3v) is 7.25. The molecule has 6 nitrogen and oxygen atoms in total. The number of hydrogen-bond acceptors (Lipinski definition) is 5. The van der Waals surface area contributed by atoms with E-state index in [9.17, 15) is 8.42 Å². The number of methoxy groups -OCH3 is 1. The van der Waals surface area contributed by atoms with Crippen LogP contribution >= 0.6 is 0 Å². The van der Waals surface area contributed by atoms with Gasteiger partial charge < -0.3 is 14.8 Å². The van der Waals surface area contributed by atoms with E-state index in [1.165, 1.54) is 11.4 Å². The summed E-state index contributed by atoms with van der Waals surface area (Å²) < 4.78 is 38.8. The largest absolute Gasteiger partial charge is 0.495 e. The Labute approximate surface area is 183 Å². The van der Waals surface area contributed by atoms with Crippen molar-refractivity contribution in [2.45, 2.75) is 10.9 Å². The molecule has 1 aliphatic rings. The van der Waals surface area contributed by atoms with Crippen LogP contribution in [0.3, 0.4) is 0 Å². The summed E-state index contributed by atoms with van der Waals surface area (Å²) >= 11 is 0. The molecule has 0 aliphatic carbocycles. The molecule has 1 saturated heterocycles. The van der Waals surface area contributed by atoms with E-state index in [-0.39, 0.29) is 10.9 Å². The summed E-state index contributed by atoms with van der Waals surface area (Å²) in [5.41, 5.74) is 2.87. The van der Waals surface area contributed by atoms with Crippen molar-refractivity contribution in [3.8, 4) is 5.75 Å². The number of morpholine rings is 1. The van der Waals surface area contributed by atoms with Crippen LogP contribution in [0.1, 0.15) is 17.2 Å². The predicted molar refractivity (Wildman–Crippen MR) is 121 cm³/mol. The lowest BCUT2D eigenvalue weighted by Gasteiger charge is -2.27. The number of rotatable bonds is 7. The van der Waals surface area contributed by atoms with Crippen LogP contribution in [0, 0.1) is 0 Å². The lowest BCUT2D eigenvalue weighted by atomic mass is 9.98. The van der Waals surface area contributed by atoms with E-state index in [4.69, 9.17) is 9.47 Å². The van der Waals surface area contributed by atoms with Gasteiger partial charge in [-0.15, -0.1) is 0 Å². The number of nitrogens with one attached hydrogen (secondary N) is 1. The average molecular weight is 439 g/mol. The topological polar surface area (TPSA) is 67.9 Å². The Bertz CT molecular complexity index is 1060. The van der Waals surface area contributed by atoms with Gasteiger partial charge in [0.25, 0.3) is 0 Å². The van der Waals surface area contributed by atoms with E-state index in [2.05, 4.69) is 29.6 Å². The van der Waals surface area contributed by atoms with Gasteiger partial charge in [0.1, 0.15) is 10.6 Å². The van der Waals surface area contributed by atoms with Gasteiger partial charge in [-0.05, 0) is 29.3 Å². The van der Waals surface area contributed by atoms with Crippen LogP contribution in [0.5, 0.6) is 5.75 Å². The Morgan fingerprint density at radius 3 is 2.03 bits per heavy atom. The minimum absolute atomic E-state index is 0.130. The SMILES string of the molecule is COc1ccc(NC(c2ccccc2)c2ccccc2)cc1S(=O)(=O)N1CCOCC1. The molecule has 0 atom stereocenters. The fourth-order valence-corrected chi connectivity index (χ4v) is 5.30. The van der Waals surface area contributed by atoms with Crippen LogP contribution in [0.15, 0.2) is 83.8 Å². The van der Waals surface area contributed by atoms with Gasteiger partial charge >= 0.3 is 0 Å². The lowest BCUT2D eigenvalue weighted by Crippen LogP contribution is -2.40. The van der Waals surface area contributed by atoms with Crippen molar-refractivity contribution in [2.24, 2.45) is 0 Å². The fraction of sp³-hybridized carbons (Fsp3) is 0.250. The van der Waals surface area contributed by atoms with Gasteiger partial charge in [-0.25, -0.2) is 8.42 Å². The average Bonchev–Trinajstić information content (AvgIpc) is 2.84. The summed E-state index contributed by atoms with van der Waals surface area (Å²) in [6, 6.07) is 25.2. The summed E-state index contributed by atoms with van der Waals surface area (Å²) in [7, 11) is -2.22. The second-order valence-corrected chi connectivity index (χ2v) is 9.19. The molecule has 1 heterocycles. The van der Waals surface area contributed by atoms with E-state index < -0.39 is 10.0 Å². The number of sulfonamides is 1. The molecular weight excluding hydrogens is 412 g/mol. The van der Waals surface area contributed by atoms with Crippen molar-refractivity contribution < 1.29 is 17.9 Å². The van der Waals surface area contributed by atoms with E-state index in [1.54, 1.807) is 12.1 Å². The number of nitrogens with zero attached hydrogens (tertiary/aromatic N) is 1. The molecule has 4 rings (SSSR count). The highest BCUT2D eigenvalue weighted by Gasteiger charge is 2.29. The summed E-state index contributed by atoms with van der Waals surface area (Å²) in [5.74, 6) is 0.327. The molecular formula is C24H26N2O4S. The Morgan fingerprint density at radius 1 is 0.903 bits per heavy atom. The highest BCUT2D eigenvalue weighted by Crippen LogP contribution is 2.33. The molecule has 31 heavy (non-hydrogen) atoms. The van der Waals surface area contributed by atoms with Crippen molar-refractivity contribution in [1.29, 1.82) is 0 Å². The van der Waals surface area contributed by atoms with Gasteiger partial charge in [0, 0.05) is 18.8 Å². The summed E-state index contributed by atoms with van der Waals surface area (Å²) in [6.07, 6.45) is 0. The van der Waals surface area contributed by atoms with Crippen molar-refractivity contribution in [3.63, 3.8) is 0 Å². The van der Waals surface area contributed by atoms with E-state index >= 15 is 0 Å². The van der Waals surface area contributed by atoms with Gasteiger partial charge in [-0.3, -0.25) is 0 Å². The van der Waals surface area contributed by atoms with E-state index in [0.29, 0.717) is 37.7 Å². The van der Waals surface area contributed by atoms with Crippen molar-refractivity contribution in [2.75, 3.05) is 38.7 Å². The zero-order valence-electron chi connectivity index (χ0n) is 17.4. The number of ether oxygens (including phenoxy) is 2. The van der Waals surface area contributed by atoms with E-state index in [0.717, 1.165) is 11.1 Å². The third kappa shape index (κ3) is 4.74. The van der Waals surface area contributed by atoms with Crippen LogP contribution in [-0.2, 0) is 14.8 Å². The molecule has 0 bridgehead atoms. The minimum atomic E-state index is -3.70. The Hall–Kier alpha value is -2.87.